The fraction of sp³-hybridized carbons (Fsp3) is 0.304. The van der Waals surface area contributed by atoms with Crippen LogP contribution in [0.3, 0.4) is 0 Å². The highest BCUT2D eigenvalue weighted by Gasteiger charge is 2.20. The maximum atomic E-state index is 11.4. The van der Waals surface area contributed by atoms with Crippen LogP contribution in [0.1, 0.15) is 24.1 Å². The van der Waals surface area contributed by atoms with Crippen LogP contribution in [-0.4, -0.2) is 57.0 Å². The summed E-state index contributed by atoms with van der Waals surface area (Å²) in [6.45, 7) is 4.01. The molecule has 1 aliphatic rings. The fourth-order valence-corrected chi connectivity index (χ4v) is 3.55. The van der Waals surface area contributed by atoms with Gasteiger partial charge < -0.3 is 18.9 Å². The van der Waals surface area contributed by atoms with Gasteiger partial charge in [0.25, 0.3) is 16.0 Å². The van der Waals surface area contributed by atoms with Crippen molar-refractivity contribution in [2.45, 2.75) is 12.8 Å². The van der Waals surface area contributed by atoms with Gasteiger partial charge in [-0.3, -0.25) is 0 Å². The Balaban J connectivity index is 1.51. The van der Waals surface area contributed by atoms with E-state index in [-0.39, 0.29) is 17.8 Å². The van der Waals surface area contributed by atoms with E-state index < -0.39 is 10.1 Å². The van der Waals surface area contributed by atoms with Crippen LogP contribution in [-0.2, 0) is 19.1 Å². The van der Waals surface area contributed by atoms with E-state index >= 15 is 0 Å². The number of guanidine groups is 1. The Bertz CT molecular complexity index is 1220. The summed E-state index contributed by atoms with van der Waals surface area (Å²) < 4.78 is 44.3. The van der Waals surface area contributed by atoms with E-state index in [9.17, 15) is 8.42 Å². The summed E-state index contributed by atoms with van der Waals surface area (Å²) in [4.78, 5) is 6.20. The normalized spacial score (nSPS) is 15.7. The van der Waals surface area contributed by atoms with Crippen LogP contribution in [0.15, 0.2) is 70.2 Å². The van der Waals surface area contributed by atoms with Crippen molar-refractivity contribution < 1.29 is 26.7 Å². The van der Waals surface area contributed by atoms with Crippen LogP contribution in [0.25, 0.3) is 0 Å². The van der Waals surface area contributed by atoms with Gasteiger partial charge in [0.15, 0.2) is 0 Å². The first-order valence-electron chi connectivity index (χ1n) is 10.7. The summed E-state index contributed by atoms with van der Waals surface area (Å²) in [7, 11) is -3.73. The molecular weight excluding hydrogens is 460 g/mol. The third kappa shape index (κ3) is 6.56. The molecule has 2 aromatic carbocycles. The molecule has 1 aliphatic heterocycles. The smallest absolute Gasteiger partial charge is 0.285 e. The van der Waals surface area contributed by atoms with Gasteiger partial charge in [-0.05, 0) is 29.8 Å². The number of rotatable bonds is 7. The number of ether oxygens (including phenoxy) is 2. The third-order valence-corrected chi connectivity index (χ3v) is 5.49. The van der Waals surface area contributed by atoms with Crippen LogP contribution >= 0.6 is 0 Å². The molecule has 0 saturated carbocycles. The van der Waals surface area contributed by atoms with E-state index in [4.69, 9.17) is 18.3 Å². The van der Waals surface area contributed by atoms with E-state index in [1.807, 2.05) is 66.4 Å². The van der Waals surface area contributed by atoms with Gasteiger partial charge in [-0.2, -0.15) is 13.4 Å². The average Bonchev–Trinajstić information content (AvgIpc) is 3.31. The van der Waals surface area contributed by atoms with Crippen molar-refractivity contribution in [1.29, 1.82) is 0 Å². The van der Waals surface area contributed by atoms with Crippen LogP contribution in [0.4, 0.5) is 5.88 Å². The van der Waals surface area contributed by atoms with Crippen LogP contribution in [0, 0.1) is 0 Å². The Hall–Kier alpha value is -3.41. The number of benzene rings is 2. The van der Waals surface area contributed by atoms with Gasteiger partial charge in [0.1, 0.15) is 11.5 Å². The number of para-hydroxylation sites is 1. The molecule has 1 fully saturated rings. The van der Waals surface area contributed by atoms with Crippen LogP contribution in [0.5, 0.6) is 11.5 Å². The molecule has 0 spiro atoms. The molecule has 34 heavy (non-hydrogen) atoms. The highest BCUT2D eigenvalue weighted by molar-refractivity contribution is 7.85. The highest BCUT2D eigenvalue weighted by atomic mass is 32.2. The standard InChI is InChI=1S/C23H26N4O6S/c1-17(18-7-6-10-20(15-18)31-19-8-4-3-5-9-19)21-16-22(32-25-21)24-23(26-33-34(2,28)29)27-11-13-30-14-12-27/h3-10,15-17H,11-14H2,1-2H3,(H,24,26). The summed E-state index contributed by atoms with van der Waals surface area (Å²) in [5.41, 5.74) is 4.06. The zero-order valence-corrected chi connectivity index (χ0v) is 19.7. The number of aliphatic imine (C=N–C) groups is 1. The zero-order chi connectivity index (χ0) is 24.0. The lowest BCUT2D eigenvalue weighted by Gasteiger charge is -2.29. The number of hydrogen-bond acceptors (Lipinski definition) is 8. The SMILES string of the molecule is CC(c1cccc(Oc2ccccc2)c1)c1cc(N=C(NOS(C)(=O)=O)N2CCOCC2)on1. The Labute approximate surface area is 198 Å². The molecule has 3 aromatic rings. The van der Waals surface area contributed by atoms with Gasteiger partial charge in [-0.15, -0.1) is 4.28 Å². The Morgan fingerprint density at radius 3 is 2.56 bits per heavy atom. The van der Waals surface area contributed by atoms with Crippen molar-refractivity contribution in [2.24, 2.45) is 4.99 Å². The molecule has 0 aliphatic carbocycles. The lowest BCUT2D eigenvalue weighted by Crippen LogP contribution is -2.47. The van der Waals surface area contributed by atoms with Crippen molar-refractivity contribution in [3.8, 4) is 11.5 Å². The molecule has 0 bridgehead atoms. The lowest BCUT2D eigenvalue weighted by atomic mass is 9.98. The average molecular weight is 487 g/mol. The first-order chi connectivity index (χ1) is 16.4. The van der Waals surface area contributed by atoms with E-state index in [2.05, 4.69) is 15.6 Å². The Morgan fingerprint density at radius 1 is 1.09 bits per heavy atom. The highest BCUT2D eigenvalue weighted by Crippen LogP contribution is 2.30. The Morgan fingerprint density at radius 2 is 1.82 bits per heavy atom. The number of morpholine rings is 1. The second-order valence-corrected chi connectivity index (χ2v) is 9.30. The van der Waals surface area contributed by atoms with Gasteiger partial charge in [0.05, 0.1) is 25.2 Å². The summed E-state index contributed by atoms with van der Waals surface area (Å²) in [5, 5.41) is 4.16. The maximum Gasteiger partial charge on any atom is 0.285 e. The molecule has 0 amide bonds. The predicted octanol–water partition coefficient (Wildman–Crippen LogP) is 3.42. The van der Waals surface area contributed by atoms with E-state index in [1.54, 1.807) is 6.07 Å². The Kier molecular flexibility index (Phi) is 7.46. The second-order valence-electron chi connectivity index (χ2n) is 7.72. The molecule has 10 nitrogen and oxygen atoms in total. The third-order valence-electron chi connectivity index (χ3n) is 5.11. The molecule has 0 radical (unpaired) electrons. The van der Waals surface area contributed by atoms with Crippen molar-refractivity contribution in [3.05, 3.63) is 71.9 Å². The van der Waals surface area contributed by atoms with Crippen LogP contribution in [0.2, 0.25) is 0 Å². The molecular formula is C23H26N4O6S. The van der Waals surface area contributed by atoms with E-state index in [0.717, 1.165) is 17.6 Å². The van der Waals surface area contributed by atoms with E-state index in [0.29, 0.717) is 37.7 Å². The molecule has 1 unspecified atom stereocenters. The second kappa shape index (κ2) is 10.7. The number of nitrogens with zero attached hydrogens (tertiary/aromatic N) is 3. The molecule has 1 aromatic heterocycles. The van der Waals surface area contributed by atoms with E-state index in [1.165, 1.54) is 0 Å². The molecule has 1 saturated heterocycles. The molecule has 2 heterocycles. The summed E-state index contributed by atoms with van der Waals surface area (Å²) in [6, 6.07) is 19.0. The first kappa shape index (κ1) is 23.7. The predicted molar refractivity (Wildman–Crippen MR) is 126 cm³/mol. The van der Waals surface area contributed by atoms with Gasteiger partial charge >= 0.3 is 0 Å². The number of hydroxylamine groups is 1. The number of hydrogen-bond donors (Lipinski definition) is 1. The van der Waals surface area contributed by atoms with Gasteiger partial charge in [0, 0.05) is 25.1 Å². The van der Waals surface area contributed by atoms with Crippen molar-refractivity contribution in [2.75, 3.05) is 32.6 Å². The topological polar surface area (TPSA) is 115 Å². The minimum Gasteiger partial charge on any atom is -0.457 e. The van der Waals surface area contributed by atoms with Crippen LogP contribution < -0.4 is 10.2 Å². The molecule has 4 rings (SSSR count). The monoisotopic (exact) mass is 486 g/mol. The van der Waals surface area contributed by atoms with Crippen molar-refractivity contribution in [1.82, 2.24) is 15.5 Å². The van der Waals surface area contributed by atoms with Gasteiger partial charge in [0.2, 0.25) is 5.96 Å². The largest absolute Gasteiger partial charge is 0.457 e. The maximum absolute atomic E-state index is 11.4. The zero-order valence-electron chi connectivity index (χ0n) is 18.9. The molecule has 1 N–H and O–H groups in total. The lowest BCUT2D eigenvalue weighted by molar-refractivity contribution is 0.0628. The molecule has 180 valence electrons. The van der Waals surface area contributed by atoms with Crippen molar-refractivity contribution >= 4 is 22.0 Å². The summed E-state index contributed by atoms with van der Waals surface area (Å²) >= 11 is 0. The number of aromatic nitrogens is 1. The molecule has 11 heteroatoms. The van der Waals surface area contributed by atoms with Crippen molar-refractivity contribution in [3.63, 3.8) is 0 Å². The summed E-state index contributed by atoms with van der Waals surface area (Å²) in [6.07, 6.45) is 0.945. The van der Waals surface area contributed by atoms with Gasteiger partial charge in [-0.25, -0.2) is 5.48 Å². The summed E-state index contributed by atoms with van der Waals surface area (Å²) in [5.74, 6) is 1.78. The fourth-order valence-electron chi connectivity index (χ4n) is 3.33. The number of nitrogens with one attached hydrogen (secondary N) is 1. The van der Waals surface area contributed by atoms with Gasteiger partial charge in [-0.1, -0.05) is 42.4 Å². The first-order valence-corrected chi connectivity index (χ1v) is 12.5. The quantitative estimate of drug-likeness (QED) is 0.305. The minimum absolute atomic E-state index is 0.0981. The minimum atomic E-state index is -3.73. The molecule has 1 atom stereocenters.